The summed E-state index contributed by atoms with van der Waals surface area (Å²) in [6.45, 7) is 5.96. The van der Waals surface area contributed by atoms with Gasteiger partial charge in [-0.25, -0.2) is 4.98 Å². The minimum atomic E-state index is -2.03. The zero-order chi connectivity index (χ0) is 42.3. The molecule has 0 bridgehead atoms. The van der Waals surface area contributed by atoms with Gasteiger partial charge in [0, 0.05) is 37.1 Å². The van der Waals surface area contributed by atoms with Gasteiger partial charge < -0.3 is 4.57 Å². The van der Waals surface area contributed by atoms with Crippen LogP contribution < -0.4 is 4.40 Å². The molecule has 7 heteroatoms. The third kappa shape index (κ3) is 8.56. The number of benzene rings is 6. The summed E-state index contributed by atoms with van der Waals surface area (Å²) in [7, 11) is 0. The summed E-state index contributed by atoms with van der Waals surface area (Å²) in [6.07, 6.45) is 2.00. The normalized spacial score (nSPS) is 11.9. The van der Waals surface area contributed by atoms with E-state index in [0.29, 0.717) is 0 Å². The molecule has 0 atom stereocenters. The number of rotatable bonds is 7. The van der Waals surface area contributed by atoms with Gasteiger partial charge in [-0.1, -0.05) is 95.9 Å². The van der Waals surface area contributed by atoms with Gasteiger partial charge in [0.2, 0.25) is 0 Å². The Hall–Kier alpha value is -5.50. The predicted molar refractivity (Wildman–Crippen MR) is 257 cm³/mol. The number of imidazole rings is 1. The van der Waals surface area contributed by atoms with Gasteiger partial charge >= 0.3 is 120 Å². The van der Waals surface area contributed by atoms with Crippen LogP contribution in [0.3, 0.4) is 0 Å². The number of hydrogen-bond acceptors (Lipinski definition) is 4. The number of fused-ring (bicyclic) bond motifs is 4. The topological polar surface area (TPSA) is 43.6 Å². The van der Waals surface area contributed by atoms with Gasteiger partial charge in [0.1, 0.15) is 4.83 Å². The zero-order valence-corrected chi connectivity index (χ0v) is 40.4. The van der Waals surface area contributed by atoms with Gasteiger partial charge in [0.05, 0.1) is 16.9 Å². The number of nitrogens with zero attached hydrogens (tertiary/aromatic N) is 4. The summed E-state index contributed by atoms with van der Waals surface area (Å²) in [4.78, 5) is 15.7. The number of hydrogen-bond donors (Lipinski definition) is 0. The van der Waals surface area contributed by atoms with Crippen LogP contribution in [0.2, 0.25) is 17.3 Å². The zero-order valence-electron chi connectivity index (χ0n) is 36.1. The maximum Gasteiger partial charge on any atom is 0 e. The molecule has 4 heterocycles. The van der Waals surface area contributed by atoms with E-state index < -0.39 is 19.2 Å². The molecule has 0 saturated carbocycles. The molecule has 0 fully saturated rings. The second-order valence-corrected chi connectivity index (χ2v) is 27.9. The minimum absolute atomic E-state index is 0. The minimum Gasteiger partial charge on any atom is 0 e. The average Bonchev–Trinajstić information content (AvgIpc) is 3.85. The number of thiophene rings is 1. The number of aromatic nitrogens is 4. The summed E-state index contributed by atoms with van der Waals surface area (Å²) in [5, 5.41) is 2.36. The Morgan fingerprint density at radius 2 is 1.41 bits per heavy atom. The fourth-order valence-corrected chi connectivity index (χ4v) is 12.4. The molecule has 6 aromatic carbocycles. The van der Waals surface area contributed by atoms with E-state index in [-0.39, 0.29) is 20.1 Å². The van der Waals surface area contributed by atoms with Crippen LogP contribution in [0.25, 0.3) is 81.9 Å². The molecule has 61 heavy (non-hydrogen) atoms. The quantitative estimate of drug-likeness (QED) is 0.118. The Morgan fingerprint density at radius 3 is 2.13 bits per heavy atom. The van der Waals surface area contributed by atoms with Gasteiger partial charge in [-0.15, -0.1) is 18.2 Å². The van der Waals surface area contributed by atoms with Crippen molar-refractivity contribution in [3.05, 3.63) is 187 Å². The Morgan fingerprint density at radius 1 is 0.689 bits per heavy atom. The molecule has 0 spiro atoms. The summed E-state index contributed by atoms with van der Waals surface area (Å²) in [6, 6.07) is 61.5. The third-order valence-corrected chi connectivity index (χ3v) is 16.2. The molecular weight excluding hydrogens is 1000 g/mol. The van der Waals surface area contributed by atoms with Crippen molar-refractivity contribution in [2.24, 2.45) is 0 Å². The van der Waals surface area contributed by atoms with E-state index in [0.717, 1.165) is 71.3 Å². The summed E-state index contributed by atoms with van der Waals surface area (Å²) >= 11 is -0.310. The monoisotopic (exact) mass is 1050 g/mol. The number of aryl methyl sites for hydroxylation is 1. The summed E-state index contributed by atoms with van der Waals surface area (Å²) < 4.78 is 13.2. The molecule has 0 amide bonds. The van der Waals surface area contributed by atoms with Crippen molar-refractivity contribution in [3.63, 3.8) is 0 Å². The Labute approximate surface area is 380 Å². The van der Waals surface area contributed by atoms with E-state index in [4.69, 9.17) is 11.3 Å². The van der Waals surface area contributed by atoms with E-state index in [1.807, 2.05) is 57.3 Å². The predicted octanol–water partition coefficient (Wildman–Crippen LogP) is 14.1. The van der Waals surface area contributed by atoms with E-state index in [1.54, 1.807) is 11.3 Å². The molecule has 10 rings (SSSR count). The van der Waals surface area contributed by atoms with Gasteiger partial charge in [0.15, 0.2) is 0 Å². The van der Waals surface area contributed by atoms with Gasteiger partial charge in [-0.3, -0.25) is 4.98 Å². The average molecular weight is 1050 g/mol. The molecule has 0 saturated heterocycles. The van der Waals surface area contributed by atoms with Gasteiger partial charge in [0.25, 0.3) is 0 Å². The van der Waals surface area contributed by atoms with Crippen molar-refractivity contribution in [2.75, 3.05) is 0 Å². The van der Waals surface area contributed by atoms with Crippen LogP contribution in [0.15, 0.2) is 164 Å². The largest absolute Gasteiger partial charge is 0 e. The molecule has 0 aliphatic heterocycles. The van der Waals surface area contributed by atoms with Crippen LogP contribution in [0.5, 0.6) is 0 Å². The van der Waals surface area contributed by atoms with Crippen LogP contribution >= 0.6 is 11.3 Å². The first-order valence-electron chi connectivity index (χ1n) is 20.9. The van der Waals surface area contributed by atoms with Crippen molar-refractivity contribution in [3.8, 4) is 50.6 Å². The first-order chi connectivity index (χ1) is 29.4. The standard InChI is InChI=1S/C37H24N3S.C17H22GeN.Ir/c1-24-19-21-29-28-15-10-16-30(35(28)41-37(29)38-24)36-39-32-17-8-9-18-34(32)40(36)33-22-20-27(25-11-4-2-5-12-25)23-31(33)26-13-6-3-7-14-26;1-13(2)15-11-17(14-9-7-6-8-10-14)19-12-16(15)18(3,4)5;/h2-15,17-23H,1H3;6-9,11-13H,1-5H3;/q2*-1;/i;13D;. The van der Waals surface area contributed by atoms with Crippen LogP contribution in [0.1, 0.15) is 32.4 Å². The number of pyridine rings is 2. The molecule has 0 aliphatic rings. The van der Waals surface area contributed by atoms with E-state index in [9.17, 15) is 0 Å². The van der Waals surface area contributed by atoms with Crippen LogP contribution in [0.4, 0.5) is 0 Å². The third-order valence-electron chi connectivity index (χ3n) is 10.9. The van der Waals surface area contributed by atoms with Crippen molar-refractivity contribution >= 4 is 60.3 Å². The Bertz CT molecular complexity index is 3170. The van der Waals surface area contributed by atoms with E-state index in [1.165, 1.54) is 26.3 Å². The molecule has 1 radical (unpaired) electrons. The molecule has 0 aliphatic carbocycles. The number of para-hydroxylation sites is 2. The molecule has 0 unspecified atom stereocenters. The second-order valence-electron chi connectivity index (χ2n) is 16.4. The molecule has 10 aromatic rings. The van der Waals surface area contributed by atoms with Crippen LogP contribution in [0, 0.1) is 19.1 Å². The van der Waals surface area contributed by atoms with Crippen molar-refractivity contribution in [2.45, 2.75) is 43.9 Å². The smallest absolute Gasteiger partial charge is 0 e. The van der Waals surface area contributed by atoms with E-state index >= 15 is 0 Å². The van der Waals surface area contributed by atoms with Crippen LogP contribution in [-0.4, -0.2) is 32.8 Å². The Kier molecular flexibility index (Phi) is 12.0. The SMILES string of the molecule is Cc1ccc2c(n1)sc1c(-c3nc4ccccc4n3-c3ccc(-c4ccccc4)cc3-c3ccccc3)[c-]ccc12.[2H]C(C)(C)c1cc(-c2[c-]cccc2)nc[c]1[Ge]([CH3])([CH3])[CH3].[Ir]. The Balaban J connectivity index is 0.000000214. The fourth-order valence-electron chi connectivity index (χ4n) is 7.88. The summed E-state index contributed by atoms with van der Waals surface area (Å²) in [5.41, 5.74) is 12.8. The van der Waals surface area contributed by atoms with Crippen LogP contribution in [-0.2, 0) is 20.1 Å². The summed E-state index contributed by atoms with van der Waals surface area (Å²) in [5.74, 6) is 7.33. The fraction of sp³-hybridized carbons (Fsp3) is 0.130. The molecular formula is C54H46GeIrN4S-2. The molecule has 4 aromatic heterocycles. The maximum absolute atomic E-state index is 8.44. The van der Waals surface area contributed by atoms with Crippen molar-refractivity contribution < 1.29 is 21.5 Å². The maximum atomic E-state index is 8.44. The first kappa shape index (κ1) is 40.9. The molecule has 303 valence electrons. The second kappa shape index (κ2) is 17.8. The van der Waals surface area contributed by atoms with E-state index in [2.05, 4.69) is 166 Å². The molecule has 0 N–H and O–H groups in total. The van der Waals surface area contributed by atoms with Gasteiger partial charge in [-0.05, 0) is 64.0 Å². The molecule has 4 nitrogen and oxygen atoms in total. The van der Waals surface area contributed by atoms with Crippen molar-refractivity contribution in [1.29, 1.82) is 0 Å². The van der Waals surface area contributed by atoms with Gasteiger partial charge in [-0.2, -0.15) is 11.3 Å². The first-order valence-corrected chi connectivity index (χ1v) is 28.5. The van der Waals surface area contributed by atoms with Crippen molar-refractivity contribution in [1.82, 2.24) is 19.5 Å².